The van der Waals surface area contributed by atoms with Gasteiger partial charge in [-0.05, 0) is 30.4 Å². The summed E-state index contributed by atoms with van der Waals surface area (Å²) in [7, 11) is 0. The van der Waals surface area contributed by atoms with Crippen LogP contribution in [0.1, 0.15) is 38.2 Å². The summed E-state index contributed by atoms with van der Waals surface area (Å²) in [5.74, 6) is -0.519. The van der Waals surface area contributed by atoms with Crippen molar-refractivity contribution >= 4 is 11.7 Å². The third-order valence-corrected chi connectivity index (χ3v) is 3.73. The molecule has 1 heterocycles. The zero-order valence-corrected chi connectivity index (χ0v) is 10.9. The topological polar surface area (TPSA) is 49.3 Å². The van der Waals surface area contributed by atoms with Gasteiger partial charge in [0.25, 0.3) is 0 Å². The first-order valence-electron chi connectivity index (χ1n) is 6.79. The Bertz CT molecular complexity index is 417. The number of hydrogen-bond donors (Lipinski definition) is 2. The molecule has 0 saturated heterocycles. The highest BCUT2D eigenvalue weighted by molar-refractivity contribution is 5.79. The molecule has 0 saturated carbocycles. The molecule has 1 aromatic carbocycles. The average Bonchev–Trinajstić information content (AvgIpc) is 2.38. The molecule has 2 unspecified atom stereocenters. The van der Waals surface area contributed by atoms with Gasteiger partial charge in [-0.25, -0.2) is 4.79 Å². The van der Waals surface area contributed by atoms with E-state index in [-0.39, 0.29) is 5.92 Å². The molecular weight excluding hydrogens is 226 g/mol. The monoisotopic (exact) mass is 247 g/mol. The molecule has 0 amide bonds. The number of carboxylic acid groups (broad SMARTS) is 1. The number of carboxylic acids is 1. The molecule has 0 fully saturated rings. The zero-order chi connectivity index (χ0) is 13.0. The van der Waals surface area contributed by atoms with Crippen molar-refractivity contribution in [1.82, 2.24) is 0 Å². The van der Waals surface area contributed by atoms with E-state index in [1.807, 2.05) is 18.2 Å². The van der Waals surface area contributed by atoms with Crippen molar-refractivity contribution in [1.29, 1.82) is 0 Å². The van der Waals surface area contributed by atoms with E-state index in [4.69, 9.17) is 0 Å². The van der Waals surface area contributed by atoms with Gasteiger partial charge in [-0.3, -0.25) is 0 Å². The second-order valence-electron chi connectivity index (χ2n) is 5.08. The maximum atomic E-state index is 11.3. The Labute approximate surface area is 108 Å². The number of para-hydroxylation sites is 1. The smallest absolute Gasteiger partial charge is 0.326 e. The van der Waals surface area contributed by atoms with Crippen LogP contribution in [-0.2, 0) is 11.2 Å². The van der Waals surface area contributed by atoms with Gasteiger partial charge in [-0.1, -0.05) is 44.4 Å². The Balaban J connectivity index is 2.10. The fourth-order valence-electron chi connectivity index (χ4n) is 2.71. The quantitative estimate of drug-likeness (QED) is 0.785. The number of hydrogen-bond acceptors (Lipinski definition) is 2. The molecule has 0 radical (unpaired) electrons. The Hall–Kier alpha value is -1.51. The van der Waals surface area contributed by atoms with Gasteiger partial charge < -0.3 is 10.4 Å². The van der Waals surface area contributed by atoms with E-state index in [9.17, 15) is 9.90 Å². The van der Waals surface area contributed by atoms with Crippen LogP contribution in [0, 0.1) is 5.92 Å². The molecule has 0 spiro atoms. The number of anilines is 1. The highest BCUT2D eigenvalue weighted by atomic mass is 16.4. The minimum Gasteiger partial charge on any atom is -0.480 e. The van der Waals surface area contributed by atoms with Crippen molar-refractivity contribution in [3.05, 3.63) is 29.8 Å². The Kier molecular flexibility index (Phi) is 4.24. The summed E-state index contributed by atoms with van der Waals surface area (Å²) in [6.07, 6.45) is 5.35. The number of unbranched alkanes of at least 4 members (excludes halogenated alkanes) is 2. The Morgan fingerprint density at radius 3 is 2.89 bits per heavy atom. The molecule has 0 aliphatic carbocycles. The van der Waals surface area contributed by atoms with Gasteiger partial charge in [-0.15, -0.1) is 0 Å². The van der Waals surface area contributed by atoms with Crippen LogP contribution in [0.3, 0.4) is 0 Å². The molecule has 2 atom stereocenters. The number of aliphatic carboxylic acids is 1. The van der Waals surface area contributed by atoms with Crippen LogP contribution in [0.5, 0.6) is 0 Å². The summed E-state index contributed by atoms with van der Waals surface area (Å²) in [4.78, 5) is 11.3. The summed E-state index contributed by atoms with van der Waals surface area (Å²) >= 11 is 0. The highest BCUT2D eigenvalue weighted by Crippen LogP contribution is 2.31. The van der Waals surface area contributed by atoms with Crippen molar-refractivity contribution in [2.24, 2.45) is 5.92 Å². The fourth-order valence-corrected chi connectivity index (χ4v) is 2.71. The van der Waals surface area contributed by atoms with Gasteiger partial charge in [0.15, 0.2) is 0 Å². The molecule has 2 N–H and O–H groups in total. The lowest BCUT2D eigenvalue weighted by Gasteiger charge is -2.32. The number of carbonyl (C=O) groups is 1. The first-order chi connectivity index (χ1) is 8.72. The molecule has 2 rings (SSSR count). The number of nitrogens with one attached hydrogen (secondary N) is 1. The second kappa shape index (κ2) is 5.89. The van der Waals surface area contributed by atoms with Gasteiger partial charge in [0.2, 0.25) is 0 Å². The molecule has 1 aliphatic heterocycles. The van der Waals surface area contributed by atoms with Crippen LogP contribution < -0.4 is 5.32 Å². The van der Waals surface area contributed by atoms with Crippen LogP contribution in [0.4, 0.5) is 5.69 Å². The number of benzene rings is 1. The van der Waals surface area contributed by atoms with Gasteiger partial charge >= 0.3 is 5.97 Å². The van der Waals surface area contributed by atoms with E-state index in [1.54, 1.807) is 0 Å². The maximum Gasteiger partial charge on any atom is 0.326 e. The van der Waals surface area contributed by atoms with E-state index >= 15 is 0 Å². The van der Waals surface area contributed by atoms with Crippen LogP contribution in [0.15, 0.2) is 24.3 Å². The maximum absolute atomic E-state index is 11.3. The van der Waals surface area contributed by atoms with Crippen LogP contribution in [0.2, 0.25) is 0 Å². The van der Waals surface area contributed by atoms with E-state index in [0.29, 0.717) is 0 Å². The van der Waals surface area contributed by atoms with Crippen molar-refractivity contribution in [3.8, 4) is 0 Å². The van der Waals surface area contributed by atoms with E-state index < -0.39 is 12.0 Å². The summed E-state index contributed by atoms with van der Waals surface area (Å²) in [6, 6.07) is 7.59. The molecule has 98 valence electrons. The molecule has 0 bridgehead atoms. The zero-order valence-electron chi connectivity index (χ0n) is 10.9. The third-order valence-electron chi connectivity index (χ3n) is 3.73. The summed E-state index contributed by atoms with van der Waals surface area (Å²) < 4.78 is 0. The van der Waals surface area contributed by atoms with Crippen molar-refractivity contribution < 1.29 is 9.90 Å². The van der Waals surface area contributed by atoms with Gasteiger partial charge in [0, 0.05) is 5.69 Å². The largest absolute Gasteiger partial charge is 0.480 e. The van der Waals surface area contributed by atoms with Crippen LogP contribution in [0.25, 0.3) is 0 Å². The summed E-state index contributed by atoms with van der Waals surface area (Å²) in [5.41, 5.74) is 2.23. The minimum atomic E-state index is -0.731. The Morgan fingerprint density at radius 1 is 1.39 bits per heavy atom. The van der Waals surface area contributed by atoms with E-state index in [1.165, 1.54) is 18.4 Å². The first-order valence-corrected chi connectivity index (χ1v) is 6.79. The predicted molar refractivity (Wildman–Crippen MR) is 72.8 cm³/mol. The van der Waals surface area contributed by atoms with Crippen molar-refractivity contribution in [2.75, 3.05) is 5.32 Å². The Morgan fingerprint density at radius 2 is 2.17 bits per heavy atom. The van der Waals surface area contributed by atoms with E-state index in [2.05, 4.69) is 18.3 Å². The lowest BCUT2D eigenvalue weighted by Crippen LogP contribution is -2.41. The number of fused-ring (bicyclic) bond motifs is 1. The molecule has 3 nitrogen and oxygen atoms in total. The minimum absolute atomic E-state index is 0.212. The van der Waals surface area contributed by atoms with Crippen LogP contribution in [-0.4, -0.2) is 17.1 Å². The molecule has 0 aromatic heterocycles. The standard InChI is InChI=1S/C15H21NO2/c1-2-3-4-8-12-10-11-7-5-6-9-13(11)16-14(12)15(17)18/h5-7,9,12,14,16H,2-4,8,10H2,1H3,(H,17,18). The molecule has 3 heteroatoms. The summed E-state index contributed by atoms with van der Waals surface area (Å²) in [5, 5.41) is 12.5. The lowest BCUT2D eigenvalue weighted by molar-refractivity contribution is -0.139. The summed E-state index contributed by atoms with van der Waals surface area (Å²) in [6.45, 7) is 2.17. The third kappa shape index (κ3) is 2.84. The SMILES string of the molecule is CCCCCC1Cc2ccccc2NC1C(=O)O. The van der Waals surface area contributed by atoms with Crippen molar-refractivity contribution in [3.63, 3.8) is 0 Å². The molecular formula is C15H21NO2. The van der Waals surface area contributed by atoms with Gasteiger partial charge in [-0.2, -0.15) is 0 Å². The van der Waals surface area contributed by atoms with Crippen LogP contribution >= 0.6 is 0 Å². The second-order valence-corrected chi connectivity index (χ2v) is 5.08. The van der Waals surface area contributed by atoms with E-state index in [0.717, 1.165) is 24.9 Å². The number of rotatable bonds is 5. The normalized spacial score (nSPS) is 22.1. The van der Waals surface area contributed by atoms with Gasteiger partial charge in [0.05, 0.1) is 0 Å². The predicted octanol–water partition coefficient (Wildman–Crippen LogP) is 3.30. The molecule has 1 aliphatic rings. The lowest BCUT2D eigenvalue weighted by atomic mass is 9.83. The fraction of sp³-hybridized carbons (Fsp3) is 0.533. The van der Waals surface area contributed by atoms with Crippen molar-refractivity contribution in [2.45, 2.75) is 45.1 Å². The average molecular weight is 247 g/mol. The highest BCUT2D eigenvalue weighted by Gasteiger charge is 2.32. The molecule has 1 aromatic rings. The molecule has 18 heavy (non-hydrogen) atoms. The van der Waals surface area contributed by atoms with Gasteiger partial charge in [0.1, 0.15) is 6.04 Å². The first kappa shape index (κ1) is 12.9.